The molecule has 0 unspecified atom stereocenters. The fourth-order valence-corrected chi connectivity index (χ4v) is 6.25. The minimum absolute atomic E-state index is 0.00713. The molecule has 1 fully saturated rings. The van der Waals surface area contributed by atoms with Crippen LogP contribution < -0.4 is 0 Å². The molecule has 0 aromatic heterocycles. The Morgan fingerprint density at radius 1 is 0.604 bits per heavy atom. The lowest BCUT2D eigenvalue weighted by atomic mass is 9.80. The molecule has 0 spiro atoms. The van der Waals surface area contributed by atoms with Crippen LogP contribution in [0.1, 0.15) is 34.7 Å². The van der Waals surface area contributed by atoms with E-state index in [0.717, 1.165) is 27.8 Å². The Balaban J connectivity index is 1.39. The van der Waals surface area contributed by atoms with Crippen molar-refractivity contribution in [2.75, 3.05) is 6.61 Å². The van der Waals surface area contributed by atoms with Crippen molar-refractivity contribution in [1.82, 2.24) is 0 Å². The first-order chi connectivity index (χ1) is 23.5. The van der Waals surface area contributed by atoms with Gasteiger partial charge in [-0.2, -0.15) is 0 Å². The molecule has 5 aromatic rings. The molecule has 7 nitrogen and oxygen atoms in total. The molecule has 0 bridgehead atoms. The van der Waals surface area contributed by atoms with E-state index in [0.29, 0.717) is 0 Å². The zero-order valence-electron chi connectivity index (χ0n) is 26.8. The van der Waals surface area contributed by atoms with Gasteiger partial charge in [0, 0.05) is 6.92 Å². The van der Waals surface area contributed by atoms with Gasteiger partial charge in [-0.1, -0.05) is 152 Å². The number of rotatable bonds is 13. The molecule has 5 aromatic carbocycles. The van der Waals surface area contributed by atoms with E-state index in [-0.39, 0.29) is 19.8 Å². The van der Waals surface area contributed by atoms with Crippen molar-refractivity contribution < 1.29 is 33.6 Å². The van der Waals surface area contributed by atoms with Crippen LogP contribution in [0.15, 0.2) is 152 Å². The predicted octanol–water partition coefficient (Wildman–Crippen LogP) is 6.81. The van der Waals surface area contributed by atoms with Gasteiger partial charge in [-0.15, -0.1) is 0 Å². The first-order valence-electron chi connectivity index (χ1n) is 16.2. The normalized spacial score (nSPS) is 21.0. The van der Waals surface area contributed by atoms with Gasteiger partial charge in [-0.05, 0) is 27.8 Å². The zero-order valence-corrected chi connectivity index (χ0v) is 26.8. The Bertz CT molecular complexity index is 1590. The molecule has 48 heavy (non-hydrogen) atoms. The molecule has 1 N–H and O–H groups in total. The second-order valence-electron chi connectivity index (χ2n) is 11.8. The van der Waals surface area contributed by atoms with Gasteiger partial charge in [0.05, 0.1) is 19.8 Å². The zero-order chi connectivity index (χ0) is 33.2. The van der Waals surface area contributed by atoms with Gasteiger partial charge in [0.15, 0.2) is 12.4 Å². The number of aliphatic hydroxyl groups is 1. The number of ether oxygens (including phenoxy) is 5. The van der Waals surface area contributed by atoms with Crippen molar-refractivity contribution in [3.8, 4) is 0 Å². The van der Waals surface area contributed by atoms with Crippen molar-refractivity contribution in [1.29, 1.82) is 0 Å². The van der Waals surface area contributed by atoms with Gasteiger partial charge in [0.2, 0.25) is 0 Å². The Hall–Kier alpha value is -4.63. The van der Waals surface area contributed by atoms with Crippen molar-refractivity contribution in [3.63, 3.8) is 0 Å². The van der Waals surface area contributed by atoms with Crippen LogP contribution in [-0.4, -0.2) is 48.4 Å². The first-order valence-corrected chi connectivity index (χ1v) is 16.2. The van der Waals surface area contributed by atoms with E-state index in [1.54, 1.807) is 0 Å². The van der Waals surface area contributed by atoms with Crippen LogP contribution in [0, 0.1) is 0 Å². The minimum atomic E-state index is -1.49. The summed E-state index contributed by atoms with van der Waals surface area (Å²) in [4.78, 5) is 12.3. The lowest BCUT2D eigenvalue weighted by Gasteiger charge is -2.45. The van der Waals surface area contributed by atoms with Gasteiger partial charge in [0.1, 0.15) is 23.9 Å². The van der Waals surface area contributed by atoms with Gasteiger partial charge in [-0.3, -0.25) is 4.79 Å². The third kappa shape index (κ3) is 7.73. The largest absolute Gasteiger partial charge is 0.454 e. The van der Waals surface area contributed by atoms with Crippen LogP contribution in [0.5, 0.6) is 0 Å². The average Bonchev–Trinajstić information content (AvgIpc) is 3.14. The SMILES string of the molecule is CC(=O)O[C@@H]1[C@H](OCc2ccccc2)[C@H](OCc2ccccc2)[C@H](COC(c2ccccc2)(c2ccccc2)c2ccccc2)O[C@@H]1O. The molecule has 5 atom stereocenters. The fourth-order valence-electron chi connectivity index (χ4n) is 6.25. The quantitative estimate of drug-likeness (QED) is 0.111. The summed E-state index contributed by atoms with van der Waals surface area (Å²) in [6, 6.07) is 49.6. The van der Waals surface area contributed by atoms with Crippen molar-refractivity contribution in [2.24, 2.45) is 0 Å². The van der Waals surface area contributed by atoms with Crippen LogP contribution >= 0.6 is 0 Å². The highest BCUT2D eigenvalue weighted by Gasteiger charge is 2.50. The number of aliphatic hydroxyl groups excluding tert-OH is 1. The first kappa shape index (κ1) is 33.3. The molecule has 1 aliphatic rings. The van der Waals surface area contributed by atoms with Crippen molar-refractivity contribution >= 4 is 5.97 Å². The molecule has 0 radical (unpaired) electrons. The maximum atomic E-state index is 12.3. The maximum Gasteiger partial charge on any atom is 0.303 e. The van der Waals surface area contributed by atoms with Gasteiger partial charge in [0.25, 0.3) is 0 Å². The van der Waals surface area contributed by atoms with Crippen LogP contribution in [0.25, 0.3) is 0 Å². The number of benzene rings is 5. The lowest BCUT2D eigenvalue weighted by molar-refractivity contribution is -0.311. The van der Waals surface area contributed by atoms with Crippen LogP contribution in [-0.2, 0) is 47.3 Å². The Morgan fingerprint density at radius 2 is 1.00 bits per heavy atom. The standard InChI is InChI=1S/C41H40O7/c1-30(42)47-39-38(45-28-32-19-9-3-10-20-32)37(44-27-31-17-7-2-8-18-31)36(48-40(39)43)29-46-41(33-21-11-4-12-22-33,34-23-13-5-14-24-34)35-25-15-6-16-26-35/h2-26,36-40,43H,27-29H2,1H3/t36-,37+,38+,39+,40-/m0/s1. The molecule has 1 saturated heterocycles. The van der Waals surface area contributed by atoms with Crippen LogP contribution in [0.4, 0.5) is 0 Å². The summed E-state index contributed by atoms with van der Waals surface area (Å²) >= 11 is 0. The van der Waals surface area contributed by atoms with E-state index >= 15 is 0 Å². The van der Waals surface area contributed by atoms with E-state index < -0.39 is 42.3 Å². The molecule has 1 heterocycles. The number of esters is 1. The van der Waals surface area contributed by atoms with E-state index in [2.05, 4.69) is 0 Å². The van der Waals surface area contributed by atoms with Gasteiger partial charge < -0.3 is 28.8 Å². The highest BCUT2D eigenvalue weighted by Crippen LogP contribution is 2.41. The summed E-state index contributed by atoms with van der Waals surface area (Å²) in [7, 11) is 0. The van der Waals surface area contributed by atoms with Crippen LogP contribution in [0.3, 0.4) is 0 Å². The smallest absolute Gasteiger partial charge is 0.303 e. The molecule has 0 saturated carbocycles. The fraction of sp³-hybridized carbons (Fsp3) is 0.244. The van der Waals surface area contributed by atoms with Gasteiger partial charge in [-0.25, -0.2) is 0 Å². The summed E-state index contributed by atoms with van der Waals surface area (Å²) in [5.74, 6) is -0.566. The number of hydrogen-bond acceptors (Lipinski definition) is 7. The molecule has 246 valence electrons. The van der Waals surface area contributed by atoms with Gasteiger partial charge >= 0.3 is 5.97 Å². The minimum Gasteiger partial charge on any atom is -0.454 e. The highest BCUT2D eigenvalue weighted by molar-refractivity contribution is 5.66. The molecule has 0 amide bonds. The molecule has 1 aliphatic heterocycles. The third-order valence-corrected chi connectivity index (χ3v) is 8.49. The predicted molar refractivity (Wildman–Crippen MR) is 182 cm³/mol. The number of hydrogen-bond donors (Lipinski definition) is 1. The maximum absolute atomic E-state index is 12.3. The lowest BCUT2D eigenvalue weighted by Crippen LogP contribution is -2.61. The average molecular weight is 645 g/mol. The van der Waals surface area contributed by atoms with Crippen molar-refractivity contribution in [3.05, 3.63) is 179 Å². The molecule has 7 heteroatoms. The Morgan fingerprint density at radius 3 is 1.42 bits per heavy atom. The monoisotopic (exact) mass is 644 g/mol. The number of carbonyl (C=O) groups excluding carboxylic acids is 1. The summed E-state index contributed by atoms with van der Waals surface area (Å²) in [6.45, 7) is 1.74. The summed E-state index contributed by atoms with van der Waals surface area (Å²) in [5, 5.41) is 11.3. The highest BCUT2D eigenvalue weighted by atomic mass is 16.7. The Labute approximate surface area is 281 Å². The van der Waals surface area contributed by atoms with Crippen LogP contribution in [0.2, 0.25) is 0 Å². The Kier molecular flexibility index (Phi) is 11.1. The topological polar surface area (TPSA) is 83.5 Å². The number of carbonyl (C=O) groups is 1. The second kappa shape index (κ2) is 16.0. The summed E-state index contributed by atoms with van der Waals surface area (Å²) < 4.78 is 32.0. The van der Waals surface area contributed by atoms with E-state index in [1.165, 1.54) is 6.92 Å². The van der Waals surface area contributed by atoms with E-state index in [4.69, 9.17) is 23.7 Å². The molecule has 0 aliphatic carbocycles. The van der Waals surface area contributed by atoms with Crippen molar-refractivity contribution in [2.45, 2.75) is 56.4 Å². The molecular formula is C41H40O7. The molecular weight excluding hydrogens is 604 g/mol. The summed E-state index contributed by atoms with van der Waals surface area (Å²) in [6.07, 6.45) is -5.10. The summed E-state index contributed by atoms with van der Waals surface area (Å²) in [5.41, 5.74) is 3.61. The van der Waals surface area contributed by atoms with E-state index in [9.17, 15) is 9.90 Å². The second-order valence-corrected chi connectivity index (χ2v) is 11.8. The van der Waals surface area contributed by atoms with E-state index in [1.807, 2.05) is 152 Å². The third-order valence-electron chi connectivity index (χ3n) is 8.49. The molecule has 6 rings (SSSR count).